The van der Waals surface area contributed by atoms with Gasteiger partial charge in [-0.3, -0.25) is 14.8 Å². The number of hydrogen-bond acceptors (Lipinski definition) is 4. The molecule has 1 aromatic carbocycles. The molecule has 4 heteroatoms. The molecular weight excluding hydrogens is 302 g/mol. The summed E-state index contributed by atoms with van der Waals surface area (Å²) in [4.78, 5) is 10.7. The van der Waals surface area contributed by atoms with E-state index in [-0.39, 0.29) is 0 Å². The molecule has 23 heavy (non-hydrogen) atoms. The molecule has 0 aliphatic carbocycles. The summed E-state index contributed by atoms with van der Waals surface area (Å²) in [7, 11) is 2.27. The number of benzene rings is 1. The lowest BCUT2D eigenvalue weighted by Gasteiger charge is -2.45. The van der Waals surface area contributed by atoms with Crippen LogP contribution in [-0.2, 0) is 13.1 Å². The molecule has 0 bridgehead atoms. The molecule has 1 aliphatic heterocycles. The summed E-state index contributed by atoms with van der Waals surface area (Å²) in [5.74, 6) is 1.36. The van der Waals surface area contributed by atoms with E-state index in [4.69, 9.17) is 0 Å². The van der Waals surface area contributed by atoms with Crippen LogP contribution in [0.15, 0.2) is 42.0 Å². The van der Waals surface area contributed by atoms with Crippen LogP contribution >= 0.6 is 11.3 Å². The number of hydrogen-bond donors (Lipinski definition) is 0. The molecule has 2 aromatic rings. The van der Waals surface area contributed by atoms with E-state index in [1.54, 1.807) is 11.3 Å². The molecule has 0 spiro atoms. The van der Waals surface area contributed by atoms with Gasteiger partial charge >= 0.3 is 0 Å². The van der Waals surface area contributed by atoms with Gasteiger partial charge in [0.1, 0.15) is 0 Å². The van der Waals surface area contributed by atoms with Gasteiger partial charge in [-0.15, -0.1) is 11.3 Å². The predicted octanol–water partition coefficient (Wildman–Crippen LogP) is 3.73. The number of likely N-dealkylation sites (tertiary alicyclic amines) is 1. The van der Waals surface area contributed by atoms with Gasteiger partial charge in [-0.05, 0) is 24.4 Å². The summed E-state index contributed by atoms with van der Waals surface area (Å²) in [6.45, 7) is 9.25. The van der Waals surface area contributed by atoms with E-state index in [9.17, 15) is 0 Å². The highest BCUT2D eigenvalue weighted by atomic mass is 32.1. The topological polar surface area (TPSA) is 19.4 Å². The van der Waals surface area contributed by atoms with Gasteiger partial charge in [0.25, 0.3) is 0 Å². The summed E-state index contributed by atoms with van der Waals surface area (Å²) < 4.78 is 0. The van der Waals surface area contributed by atoms with E-state index in [1.165, 1.54) is 23.5 Å². The smallest absolute Gasteiger partial charge is 0.0794 e. The molecule has 124 valence electrons. The number of thiazole rings is 1. The lowest BCUT2D eigenvalue weighted by Crippen LogP contribution is -2.53. The van der Waals surface area contributed by atoms with Gasteiger partial charge < -0.3 is 0 Å². The maximum absolute atomic E-state index is 4.20. The Morgan fingerprint density at radius 3 is 2.48 bits per heavy atom. The van der Waals surface area contributed by atoms with Crippen molar-refractivity contribution < 1.29 is 0 Å². The van der Waals surface area contributed by atoms with Crippen molar-refractivity contribution in [1.82, 2.24) is 14.8 Å². The summed E-state index contributed by atoms with van der Waals surface area (Å²) in [6.07, 6.45) is 2.00. The van der Waals surface area contributed by atoms with Crippen LogP contribution in [0.2, 0.25) is 0 Å². The largest absolute Gasteiger partial charge is 0.298 e. The van der Waals surface area contributed by atoms with Crippen LogP contribution in [0.1, 0.15) is 24.3 Å². The molecule has 1 fully saturated rings. The minimum Gasteiger partial charge on any atom is -0.298 e. The molecular formula is C19H27N3S. The minimum absolute atomic E-state index is 0.643. The van der Waals surface area contributed by atoms with Gasteiger partial charge in [0.05, 0.1) is 5.51 Å². The van der Waals surface area contributed by atoms with Gasteiger partial charge in [-0.25, -0.2) is 0 Å². The average molecular weight is 330 g/mol. The van der Waals surface area contributed by atoms with Crippen molar-refractivity contribution in [2.75, 3.05) is 20.1 Å². The molecule has 0 saturated carbocycles. The lowest BCUT2D eigenvalue weighted by molar-refractivity contribution is 0.0295. The molecule has 1 saturated heterocycles. The molecule has 1 aliphatic rings. The normalized spacial score (nSPS) is 23.5. The van der Waals surface area contributed by atoms with Gasteiger partial charge in [-0.2, -0.15) is 0 Å². The first-order valence-corrected chi connectivity index (χ1v) is 9.35. The highest BCUT2D eigenvalue weighted by Crippen LogP contribution is 2.28. The van der Waals surface area contributed by atoms with Crippen molar-refractivity contribution in [1.29, 1.82) is 0 Å². The third-order valence-electron chi connectivity index (χ3n) is 4.91. The molecule has 2 atom stereocenters. The fourth-order valence-electron chi connectivity index (χ4n) is 4.18. The Kier molecular flexibility index (Phi) is 5.46. The standard InChI is InChI=1S/C19H27N3S/c1-15-10-22(12-17-7-5-4-6-8-17)11-16(2)19(15)21(3)13-18-9-20-14-23-18/h4-9,14-16,19H,10-13H2,1-3H3/t15-,16-/m1/s1. The van der Waals surface area contributed by atoms with Crippen molar-refractivity contribution in [3.63, 3.8) is 0 Å². The van der Waals surface area contributed by atoms with E-state index in [0.717, 1.165) is 13.1 Å². The maximum atomic E-state index is 4.20. The second kappa shape index (κ2) is 7.56. The third kappa shape index (κ3) is 4.19. The third-order valence-corrected chi connectivity index (χ3v) is 5.67. The van der Waals surface area contributed by atoms with Gasteiger partial charge in [-0.1, -0.05) is 44.2 Å². The highest BCUT2D eigenvalue weighted by molar-refractivity contribution is 7.09. The van der Waals surface area contributed by atoms with E-state index in [0.29, 0.717) is 17.9 Å². The number of aromatic nitrogens is 1. The first-order valence-electron chi connectivity index (χ1n) is 8.47. The van der Waals surface area contributed by atoms with Crippen LogP contribution in [0.4, 0.5) is 0 Å². The van der Waals surface area contributed by atoms with Crippen LogP contribution in [0.25, 0.3) is 0 Å². The first kappa shape index (κ1) is 16.6. The summed E-state index contributed by atoms with van der Waals surface area (Å²) in [5, 5.41) is 0. The predicted molar refractivity (Wildman–Crippen MR) is 97.4 cm³/mol. The Morgan fingerprint density at radius 2 is 1.87 bits per heavy atom. The summed E-state index contributed by atoms with van der Waals surface area (Å²) >= 11 is 1.76. The fourth-order valence-corrected chi connectivity index (χ4v) is 4.83. The lowest BCUT2D eigenvalue weighted by atomic mass is 9.84. The second-order valence-electron chi connectivity index (χ2n) is 7.01. The Labute approximate surface area is 144 Å². The zero-order chi connectivity index (χ0) is 16.2. The van der Waals surface area contributed by atoms with Crippen molar-refractivity contribution >= 4 is 11.3 Å². The maximum Gasteiger partial charge on any atom is 0.0794 e. The Hall–Kier alpha value is -1.23. The van der Waals surface area contributed by atoms with Crippen LogP contribution in [0.3, 0.4) is 0 Å². The van der Waals surface area contributed by atoms with Crippen molar-refractivity contribution in [3.8, 4) is 0 Å². The molecule has 3 rings (SSSR count). The number of nitrogens with zero attached hydrogens (tertiary/aromatic N) is 3. The van der Waals surface area contributed by atoms with E-state index in [2.05, 4.69) is 66.0 Å². The average Bonchev–Trinajstić information content (AvgIpc) is 3.00. The van der Waals surface area contributed by atoms with Crippen LogP contribution in [0.5, 0.6) is 0 Å². The Morgan fingerprint density at radius 1 is 1.17 bits per heavy atom. The minimum atomic E-state index is 0.643. The number of piperidine rings is 1. The SMILES string of the molecule is C[C@@H]1CN(Cc2ccccc2)C[C@@H](C)C1N(C)Cc1cncs1. The monoisotopic (exact) mass is 329 g/mol. The first-order chi connectivity index (χ1) is 11.1. The fraction of sp³-hybridized carbons (Fsp3) is 0.526. The van der Waals surface area contributed by atoms with Crippen LogP contribution in [0, 0.1) is 11.8 Å². The molecule has 0 unspecified atom stereocenters. The second-order valence-corrected chi connectivity index (χ2v) is 7.98. The molecule has 1 aromatic heterocycles. The summed E-state index contributed by atoms with van der Waals surface area (Å²) in [6, 6.07) is 11.5. The number of rotatable bonds is 5. The van der Waals surface area contributed by atoms with Crippen molar-refractivity contribution in [3.05, 3.63) is 52.5 Å². The van der Waals surface area contributed by atoms with Crippen LogP contribution < -0.4 is 0 Å². The van der Waals surface area contributed by atoms with E-state index < -0.39 is 0 Å². The molecule has 0 radical (unpaired) electrons. The Balaban J connectivity index is 1.60. The van der Waals surface area contributed by atoms with E-state index in [1.807, 2.05) is 11.7 Å². The highest BCUT2D eigenvalue weighted by Gasteiger charge is 2.34. The zero-order valence-corrected chi connectivity index (χ0v) is 15.2. The molecule has 0 amide bonds. The van der Waals surface area contributed by atoms with Gasteiger partial charge in [0.2, 0.25) is 0 Å². The van der Waals surface area contributed by atoms with Crippen molar-refractivity contribution in [2.45, 2.75) is 33.0 Å². The van der Waals surface area contributed by atoms with Gasteiger partial charge in [0.15, 0.2) is 0 Å². The molecule has 3 nitrogen and oxygen atoms in total. The van der Waals surface area contributed by atoms with Crippen LogP contribution in [-0.4, -0.2) is 41.0 Å². The van der Waals surface area contributed by atoms with Gasteiger partial charge in [0, 0.05) is 43.3 Å². The zero-order valence-electron chi connectivity index (χ0n) is 14.4. The van der Waals surface area contributed by atoms with Crippen molar-refractivity contribution in [2.24, 2.45) is 11.8 Å². The van der Waals surface area contributed by atoms with E-state index >= 15 is 0 Å². The quantitative estimate of drug-likeness (QED) is 0.833. The summed E-state index contributed by atoms with van der Waals surface area (Å²) in [5.41, 5.74) is 3.35. The molecule has 2 heterocycles. The molecule has 0 N–H and O–H groups in total. The Bertz CT molecular complexity index is 572.